The van der Waals surface area contributed by atoms with Gasteiger partial charge in [0.2, 0.25) is 0 Å². The molecule has 10 atom stereocenters. The summed E-state index contributed by atoms with van der Waals surface area (Å²) in [7, 11) is 0. The molecule has 0 spiro atoms. The van der Waals surface area contributed by atoms with Crippen LogP contribution in [0.25, 0.3) is 0 Å². The highest BCUT2D eigenvalue weighted by Crippen LogP contribution is 2.67. The van der Waals surface area contributed by atoms with Gasteiger partial charge in [0.25, 0.3) is 0 Å². The van der Waals surface area contributed by atoms with Gasteiger partial charge in [-0.2, -0.15) is 0 Å². The molecular weight excluding hydrogens is 408 g/mol. The Morgan fingerprint density at radius 1 is 0.781 bits per heavy atom. The quantitative estimate of drug-likeness (QED) is 0.629. The third-order valence-electron chi connectivity index (χ3n) is 11.3. The number of esters is 2. The zero-order valence-electron chi connectivity index (χ0n) is 20.4. The number of fused-ring (bicyclic) bond motifs is 2. The highest BCUT2D eigenvalue weighted by Gasteiger charge is 2.72. The molecule has 0 aromatic rings. The Morgan fingerprint density at radius 2 is 1.41 bits per heavy atom. The predicted molar refractivity (Wildman–Crippen MR) is 117 cm³/mol. The second-order valence-corrected chi connectivity index (χ2v) is 12.9. The third-order valence-corrected chi connectivity index (χ3v) is 11.3. The lowest BCUT2D eigenvalue weighted by molar-refractivity contribution is -0.191. The SMILES string of the molecule is CC(C)C12CCC3(C)C(C1)C(=O)OC3C2O.CC(C)C12CCC3(C)CC1C(=O)OC2C3O. The third kappa shape index (κ3) is 2.49. The first-order chi connectivity index (χ1) is 14.8. The van der Waals surface area contributed by atoms with E-state index in [1.165, 1.54) is 0 Å². The van der Waals surface area contributed by atoms with Gasteiger partial charge in [0.1, 0.15) is 12.2 Å². The predicted octanol–water partition coefficient (Wildman–Crippen LogP) is 3.47. The van der Waals surface area contributed by atoms with Gasteiger partial charge in [0.05, 0.1) is 24.0 Å². The van der Waals surface area contributed by atoms with Gasteiger partial charge >= 0.3 is 11.9 Å². The van der Waals surface area contributed by atoms with Gasteiger partial charge in [-0.3, -0.25) is 9.59 Å². The summed E-state index contributed by atoms with van der Waals surface area (Å²) in [5, 5.41) is 20.9. The maximum atomic E-state index is 11.9. The summed E-state index contributed by atoms with van der Waals surface area (Å²) in [6, 6.07) is 0. The molecule has 0 aromatic carbocycles. The lowest BCUT2D eigenvalue weighted by Gasteiger charge is -2.58. The molecule has 2 N–H and O–H groups in total. The van der Waals surface area contributed by atoms with E-state index in [1.54, 1.807) is 0 Å². The number of carbonyl (C=O) groups excluding carboxylic acids is 2. The second kappa shape index (κ2) is 6.71. The van der Waals surface area contributed by atoms with E-state index in [2.05, 4.69) is 41.5 Å². The molecule has 2 heterocycles. The van der Waals surface area contributed by atoms with Crippen LogP contribution in [-0.2, 0) is 19.1 Å². The highest BCUT2D eigenvalue weighted by atomic mass is 16.6. The van der Waals surface area contributed by atoms with Crippen molar-refractivity contribution in [3.05, 3.63) is 0 Å². The average Bonchev–Trinajstić information content (AvgIpc) is 3.10. The Hall–Kier alpha value is -1.14. The lowest BCUT2D eigenvalue weighted by Crippen LogP contribution is -2.62. The van der Waals surface area contributed by atoms with Gasteiger partial charge in [-0.05, 0) is 55.8 Å². The van der Waals surface area contributed by atoms with Crippen molar-refractivity contribution in [2.45, 2.75) is 104 Å². The fraction of sp³-hybridized carbons (Fsp3) is 0.923. The molecule has 6 aliphatic carbocycles. The molecule has 6 saturated carbocycles. The number of hydrogen-bond donors (Lipinski definition) is 2. The number of ether oxygens (including phenoxy) is 2. The zero-order chi connectivity index (χ0) is 23.4. The van der Waals surface area contributed by atoms with Crippen LogP contribution in [0.15, 0.2) is 0 Å². The number of carbonyl (C=O) groups is 2. The van der Waals surface area contributed by atoms with Crippen molar-refractivity contribution < 1.29 is 29.3 Å². The summed E-state index contributed by atoms with van der Waals surface area (Å²) in [6.07, 6.45) is 4.29. The summed E-state index contributed by atoms with van der Waals surface area (Å²) in [6.45, 7) is 12.8. The van der Waals surface area contributed by atoms with E-state index in [1.807, 2.05) is 0 Å². The minimum atomic E-state index is -0.466. The molecule has 6 heteroatoms. The molecule has 8 bridgehead atoms. The number of aliphatic hydroxyl groups is 2. The zero-order valence-corrected chi connectivity index (χ0v) is 20.4. The van der Waals surface area contributed by atoms with Gasteiger partial charge in [-0.15, -0.1) is 0 Å². The summed E-state index contributed by atoms with van der Waals surface area (Å²) in [5.74, 6) is 0.715. The molecule has 0 aromatic heterocycles. The van der Waals surface area contributed by atoms with E-state index < -0.39 is 12.2 Å². The van der Waals surface area contributed by atoms with Gasteiger partial charge in [0.15, 0.2) is 0 Å². The van der Waals surface area contributed by atoms with Crippen LogP contribution < -0.4 is 0 Å². The molecule has 0 amide bonds. The van der Waals surface area contributed by atoms with Crippen LogP contribution in [0.5, 0.6) is 0 Å². The van der Waals surface area contributed by atoms with E-state index >= 15 is 0 Å². The highest BCUT2D eigenvalue weighted by molar-refractivity contribution is 5.78. The number of hydrogen-bond acceptors (Lipinski definition) is 6. The van der Waals surface area contributed by atoms with E-state index in [4.69, 9.17) is 9.47 Å². The van der Waals surface area contributed by atoms with Crippen LogP contribution in [0.4, 0.5) is 0 Å². The smallest absolute Gasteiger partial charge is 0.310 e. The molecule has 0 radical (unpaired) electrons. The van der Waals surface area contributed by atoms with E-state index in [0.29, 0.717) is 11.8 Å². The maximum absolute atomic E-state index is 11.9. The summed E-state index contributed by atoms with van der Waals surface area (Å²) in [5.41, 5.74) is -0.376. The van der Waals surface area contributed by atoms with Crippen molar-refractivity contribution in [2.24, 2.45) is 45.3 Å². The van der Waals surface area contributed by atoms with Crippen LogP contribution in [0, 0.1) is 45.3 Å². The Bertz CT molecular complexity index is 838. The van der Waals surface area contributed by atoms with Crippen molar-refractivity contribution in [1.82, 2.24) is 0 Å². The molecule has 180 valence electrons. The van der Waals surface area contributed by atoms with Crippen LogP contribution in [0.2, 0.25) is 0 Å². The first-order valence-electron chi connectivity index (χ1n) is 12.6. The molecule has 6 nitrogen and oxygen atoms in total. The molecule has 8 rings (SSSR count). The molecule has 10 unspecified atom stereocenters. The molecule has 8 aliphatic rings. The Balaban J connectivity index is 0.000000135. The van der Waals surface area contributed by atoms with Crippen LogP contribution in [0.1, 0.15) is 80.1 Å². The lowest BCUT2D eigenvalue weighted by atomic mass is 9.45. The minimum absolute atomic E-state index is 0.0250. The molecule has 2 saturated heterocycles. The molecule has 32 heavy (non-hydrogen) atoms. The topological polar surface area (TPSA) is 93.1 Å². The number of aliphatic hydroxyl groups excluding tert-OH is 2. The maximum Gasteiger partial charge on any atom is 0.310 e. The summed E-state index contributed by atoms with van der Waals surface area (Å²) >= 11 is 0. The van der Waals surface area contributed by atoms with Crippen molar-refractivity contribution in [1.29, 1.82) is 0 Å². The van der Waals surface area contributed by atoms with Crippen LogP contribution >= 0.6 is 0 Å². The average molecular weight is 449 g/mol. The summed E-state index contributed by atoms with van der Waals surface area (Å²) in [4.78, 5) is 23.7. The minimum Gasteiger partial charge on any atom is -0.459 e. The monoisotopic (exact) mass is 448 g/mol. The molecule has 2 aliphatic heterocycles. The first kappa shape index (κ1) is 22.6. The van der Waals surface area contributed by atoms with Crippen molar-refractivity contribution in [3.8, 4) is 0 Å². The van der Waals surface area contributed by atoms with Crippen molar-refractivity contribution in [3.63, 3.8) is 0 Å². The van der Waals surface area contributed by atoms with Gasteiger partial charge in [-0.25, -0.2) is 0 Å². The second-order valence-electron chi connectivity index (χ2n) is 12.9. The standard InChI is InChI=1S/2C13H20O3/c1-7(2)13-5-4-12(3)8(6-13)11(15)16-10(12)9(13)14;1-7(2)13-5-4-12(3)6-8(13)11(15)16-10(13)9(12)14/h2*7-10,14H,4-6H2,1-3H3. The fourth-order valence-corrected chi connectivity index (χ4v) is 8.69. The number of rotatable bonds is 2. The molecular formula is C26H40O6. The van der Waals surface area contributed by atoms with E-state index in [0.717, 1.165) is 38.5 Å². The van der Waals surface area contributed by atoms with Crippen LogP contribution in [0.3, 0.4) is 0 Å². The normalized spacial score (nSPS) is 54.6. The van der Waals surface area contributed by atoms with Crippen molar-refractivity contribution >= 4 is 11.9 Å². The van der Waals surface area contributed by atoms with Gasteiger partial charge in [-0.1, -0.05) is 41.5 Å². The Morgan fingerprint density at radius 3 is 2.03 bits per heavy atom. The van der Waals surface area contributed by atoms with Crippen LogP contribution in [-0.4, -0.2) is 46.6 Å². The first-order valence-corrected chi connectivity index (χ1v) is 12.6. The Labute approximate surface area is 191 Å². The molecule has 8 fully saturated rings. The van der Waals surface area contributed by atoms with E-state index in [9.17, 15) is 19.8 Å². The fourth-order valence-electron chi connectivity index (χ4n) is 8.69. The van der Waals surface area contributed by atoms with Crippen molar-refractivity contribution in [2.75, 3.05) is 0 Å². The van der Waals surface area contributed by atoms with E-state index in [-0.39, 0.29) is 57.6 Å². The van der Waals surface area contributed by atoms with Gasteiger partial charge < -0.3 is 19.7 Å². The Kier molecular flexibility index (Phi) is 4.75. The largest absolute Gasteiger partial charge is 0.459 e. The van der Waals surface area contributed by atoms with Gasteiger partial charge in [0, 0.05) is 16.2 Å². The summed E-state index contributed by atoms with van der Waals surface area (Å²) < 4.78 is 10.9.